The zero-order valence-electron chi connectivity index (χ0n) is 16.9. The van der Waals surface area contributed by atoms with Crippen LogP contribution in [0.4, 0.5) is 10.8 Å². The fraction of sp³-hybridized carbons (Fsp3) is 0.500. The highest BCUT2D eigenvalue weighted by atomic mass is 32.2. The predicted molar refractivity (Wildman–Crippen MR) is 119 cm³/mol. The number of nitrogens with zero attached hydrogens (tertiary/aromatic N) is 3. The van der Waals surface area contributed by atoms with Crippen LogP contribution in [0.5, 0.6) is 5.75 Å². The monoisotopic (exact) mass is 471 g/mol. The number of rotatable bonds is 9. The number of hydrogen-bond acceptors (Lipinski definition) is 9. The van der Waals surface area contributed by atoms with Crippen molar-refractivity contribution in [3.05, 3.63) is 18.2 Å². The van der Waals surface area contributed by atoms with E-state index in [9.17, 15) is 13.2 Å². The average molecular weight is 472 g/mol. The van der Waals surface area contributed by atoms with E-state index in [1.165, 1.54) is 40.6 Å². The number of piperidine rings is 1. The van der Waals surface area contributed by atoms with Crippen molar-refractivity contribution in [1.29, 1.82) is 0 Å². The molecular formula is C18H25N5O4S3. The fourth-order valence-electron chi connectivity index (χ4n) is 3.02. The Bertz CT molecular complexity index is 974. The molecular weight excluding hydrogens is 446 g/mol. The molecule has 1 aromatic carbocycles. The molecule has 1 amide bonds. The van der Waals surface area contributed by atoms with Gasteiger partial charge in [0, 0.05) is 25.3 Å². The third kappa shape index (κ3) is 5.62. The number of hydrogen-bond donors (Lipinski definition) is 2. The summed E-state index contributed by atoms with van der Waals surface area (Å²) >= 11 is 2.66. The van der Waals surface area contributed by atoms with Gasteiger partial charge in [0.25, 0.3) is 0 Å². The Hall–Kier alpha value is -1.89. The number of aromatic nitrogens is 2. The number of amides is 1. The number of sulfonamides is 1. The van der Waals surface area contributed by atoms with E-state index >= 15 is 0 Å². The molecule has 0 saturated carbocycles. The molecule has 1 aliphatic rings. The third-order valence-corrected chi connectivity index (χ3v) is 8.38. The van der Waals surface area contributed by atoms with Crippen molar-refractivity contribution in [3.63, 3.8) is 0 Å². The summed E-state index contributed by atoms with van der Waals surface area (Å²) in [5.41, 5.74) is 0.405. The highest BCUT2D eigenvalue weighted by Crippen LogP contribution is 2.31. The molecule has 0 atom stereocenters. The molecule has 0 spiro atoms. The Morgan fingerprint density at radius 1 is 1.27 bits per heavy atom. The molecule has 12 heteroatoms. The number of methoxy groups -OCH3 is 1. The molecule has 1 aromatic heterocycles. The van der Waals surface area contributed by atoms with Crippen molar-refractivity contribution < 1.29 is 17.9 Å². The second kappa shape index (κ2) is 10.4. The molecule has 3 rings (SSSR count). The largest absolute Gasteiger partial charge is 0.495 e. The lowest BCUT2D eigenvalue weighted by atomic mass is 10.2. The maximum atomic E-state index is 13.1. The van der Waals surface area contributed by atoms with Gasteiger partial charge in [-0.25, -0.2) is 8.42 Å². The molecule has 0 radical (unpaired) electrons. The van der Waals surface area contributed by atoms with Crippen molar-refractivity contribution >= 4 is 49.8 Å². The van der Waals surface area contributed by atoms with Crippen molar-refractivity contribution in [2.24, 2.45) is 0 Å². The van der Waals surface area contributed by atoms with Crippen molar-refractivity contribution in [1.82, 2.24) is 14.5 Å². The maximum Gasteiger partial charge on any atom is 0.246 e. The van der Waals surface area contributed by atoms with E-state index in [1.807, 2.05) is 6.92 Å². The van der Waals surface area contributed by atoms with Crippen LogP contribution in [0, 0.1) is 0 Å². The van der Waals surface area contributed by atoms with Gasteiger partial charge in [-0.2, -0.15) is 4.31 Å². The summed E-state index contributed by atoms with van der Waals surface area (Å²) < 4.78 is 33.6. The predicted octanol–water partition coefficient (Wildman–Crippen LogP) is 2.88. The second-order valence-corrected chi connectivity index (χ2v) is 10.7. The Morgan fingerprint density at radius 3 is 2.73 bits per heavy atom. The van der Waals surface area contributed by atoms with Gasteiger partial charge in [0.2, 0.25) is 21.1 Å². The molecule has 164 valence electrons. The number of carbonyl (C=O) groups is 1. The maximum absolute atomic E-state index is 13.1. The number of nitrogens with one attached hydrogen (secondary N) is 2. The first kappa shape index (κ1) is 22.8. The number of carbonyl (C=O) groups excluding carboxylic acids is 1. The van der Waals surface area contributed by atoms with Gasteiger partial charge in [0.1, 0.15) is 10.6 Å². The summed E-state index contributed by atoms with van der Waals surface area (Å²) in [4.78, 5) is 12.4. The Balaban J connectivity index is 1.68. The topological polar surface area (TPSA) is 114 Å². The smallest absolute Gasteiger partial charge is 0.246 e. The van der Waals surface area contributed by atoms with Crippen LogP contribution in [0.1, 0.15) is 26.2 Å². The zero-order chi connectivity index (χ0) is 21.6. The Morgan fingerprint density at radius 2 is 2.03 bits per heavy atom. The van der Waals surface area contributed by atoms with E-state index in [4.69, 9.17) is 4.74 Å². The number of benzene rings is 1. The molecule has 0 unspecified atom stereocenters. The molecule has 2 N–H and O–H groups in total. The molecule has 30 heavy (non-hydrogen) atoms. The quantitative estimate of drug-likeness (QED) is 0.537. The highest BCUT2D eigenvalue weighted by molar-refractivity contribution is 8.01. The van der Waals surface area contributed by atoms with E-state index in [0.29, 0.717) is 28.2 Å². The first-order valence-corrected chi connectivity index (χ1v) is 12.9. The molecule has 1 fully saturated rings. The number of anilines is 2. The van der Waals surface area contributed by atoms with E-state index in [0.717, 1.165) is 25.8 Å². The van der Waals surface area contributed by atoms with Crippen molar-refractivity contribution in [2.75, 3.05) is 43.1 Å². The first-order valence-electron chi connectivity index (χ1n) is 9.62. The van der Waals surface area contributed by atoms with Gasteiger partial charge >= 0.3 is 0 Å². The summed E-state index contributed by atoms with van der Waals surface area (Å²) in [6.07, 6.45) is 2.72. The van der Waals surface area contributed by atoms with Crippen LogP contribution < -0.4 is 15.4 Å². The molecule has 0 bridgehead atoms. The minimum absolute atomic E-state index is 0.0664. The summed E-state index contributed by atoms with van der Waals surface area (Å²) in [5.74, 6) is 0.144. The van der Waals surface area contributed by atoms with E-state index < -0.39 is 10.0 Å². The van der Waals surface area contributed by atoms with Crippen LogP contribution in [0.25, 0.3) is 0 Å². The average Bonchev–Trinajstić information content (AvgIpc) is 3.20. The SMILES string of the molecule is CCNc1nnc(SCC(=O)Nc2ccc(OC)c(S(=O)(=O)N3CCCCC3)c2)s1. The third-order valence-electron chi connectivity index (χ3n) is 4.44. The Kier molecular flexibility index (Phi) is 7.92. The molecule has 9 nitrogen and oxygen atoms in total. The van der Waals surface area contributed by atoms with Crippen molar-refractivity contribution in [3.8, 4) is 5.75 Å². The standard InChI is InChI=1S/C18H25N5O4S3/c1-3-19-17-21-22-18(29-17)28-12-16(24)20-13-7-8-14(27-2)15(11-13)30(25,26)23-9-5-4-6-10-23/h7-8,11H,3-6,9-10,12H2,1-2H3,(H,19,21)(H,20,24). The second-order valence-electron chi connectivity index (χ2n) is 6.57. The zero-order valence-corrected chi connectivity index (χ0v) is 19.3. The summed E-state index contributed by atoms with van der Waals surface area (Å²) in [5, 5.41) is 14.5. The van der Waals surface area contributed by atoms with Gasteiger partial charge in [-0.15, -0.1) is 10.2 Å². The van der Waals surface area contributed by atoms with Crippen LogP contribution in [0.3, 0.4) is 0 Å². The summed E-state index contributed by atoms with van der Waals surface area (Å²) in [6.45, 7) is 3.71. The van der Waals surface area contributed by atoms with Gasteiger partial charge in [0.05, 0.1) is 12.9 Å². The lowest BCUT2D eigenvalue weighted by Crippen LogP contribution is -2.35. The normalized spacial score (nSPS) is 15.0. The van der Waals surface area contributed by atoms with Gasteiger partial charge in [-0.3, -0.25) is 4.79 Å². The molecule has 1 saturated heterocycles. The van der Waals surface area contributed by atoms with E-state index in [-0.39, 0.29) is 22.3 Å². The highest BCUT2D eigenvalue weighted by Gasteiger charge is 2.29. The minimum Gasteiger partial charge on any atom is -0.495 e. The van der Waals surface area contributed by atoms with Crippen LogP contribution in [0.15, 0.2) is 27.4 Å². The lowest BCUT2D eigenvalue weighted by molar-refractivity contribution is -0.113. The number of ether oxygens (including phenoxy) is 1. The molecule has 1 aliphatic heterocycles. The first-order chi connectivity index (χ1) is 14.4. The van der Waals surface area contributed by atoms with Gasteiger partial charge in [-0.05, 0) is 38.0 Å². The number of thioether (sulfide) groups is 1. The minimum atomic E-state index is -3.69. The van der Waals surface area contributed by atoms with Crippen LogP contribution in [-0.4, -0.2) is 61.3 Å². The molecule has 2 heterocycles. The van der Waals surface area contributed by atoms with Crippen LogP contribution in [-0.2, 0) is 14.8 Å². The lowest BCUT2D eigenvalue weighted by Gasteiger charge is -2.26. The van der Waals surface area contributed by atoms with Crippen LogP contribution in [0.2, 0.25) is 0 Å². The van der Waals surface area contributed by atoms with Gasteiger partial charge in [-0.1, -0.05) is 29.5 Å². The summed E-state index contributed by atoms with van der Waals surface area (Å²) in [7, 11) is -2.26. The van der Waals surface area contributed by atoms with E-state index in [2.05, 4.69) is 20.8 Å². The molecule has 0 aliphatic carbocycles. The van der Waals surface area contributed by atoms with Crippen LogP contribution >= 0.6 is 23.1 Å². The molecule has 2 aromatic rings. The van der Waals surface area contributed by atoms with Gasteiger partial charge < -0.3 is 15.4 Å². The summed E-state index contributed by atoms with van der Waals surface area (Å²) in [6, 6.07) is 4.65. The fourth-order valence-corrected chi connectivity index (χ4v) is 6.33. The van der Waals surface area contributed by atoms with Crippen molar-refractivity contribution in [2.45, 2.75) is 35.4 Å². The van der Waals surface area contributed by atoms with E-state index in [1.54, 1.807) is 12.1 Å². The Labute approximate surface area is 184 Å². The van der Waals surface area contributed by atoms with Gasteiger partial charge in [0.15, 0.2) is 4.34 Å².